The van der Waals surface area contributed by atoms with Gasteiger partial charge in [-0.2, -0.15) is 0 Å². The predicted molar refractivity (Wildman–Crippen MR) is 122 cm³/mol. The number of amides is 1. The first-order valence-corrected chi connectivity index (χ1v) is 10.5. The second kappa shape index (κ2) is 9.65. The molecule has 0 bridgehead atoms. The minimum absolute atomic E-state index is 0.111. The average Bonchev–Trinajstić information content (AvgIpc) is 2.75. The van der Waals surface area contributed by atoms with Crippen molar-refractivity contribution in [1.29, 1.82) is 0 Å². The molecular formula is C22H21FN4O4S. The van der Waals surface area contributed by atoms with Gasteiger partial charge in [-0.1, -0.05) is 36.4 Å². The van der Waals surface area contributed by atoms with Crippen LogP contribution < -0.4 is 21.9 Å². The molecule has 0 aliphatic heterocycles. The van der Waals surface area contributed by atoms with Crippen molar-refractivity contribution in [3.63, 3.8) is 0 Å². The Balaban J connectivity index is 1.82. The fourth-order valence-electron chi connectivity index (χ4n) is 3.02. The van der Waals surface area contributed by atoms with Gasteiger partial charge in [0.2, 0.25) is 5.91 Å². The minimum atomic E-state index is -0.797. The van der Waals surface area contributed by atoms with Crippen molar-refractivity contribution in [1.82, 2.24) is 9.55 Å². The molecule has 3 N–H and O–H groups in total. The van der Waals surface area contributed by atoms with Crippen LogP contribution in [0.2, 0.25) is 0 Å². The predicted octanol–water partition coefficient (Wildman–Crippen LogP) is 2.26. The fourth-order valence-corrected chi connectivity index (χ4v) is 3.86. The molecule has 2 aromatic carbocycles. The first-order valence-electron chi connectivity index (χ1n) is 9.55. The molecule has 3 rings (SSSR count). The summed E-state index contributed by atoms with van der Waals surface area (Å²) in [5, 5.41) is 0. The molecule has 0 atom stereocenters. The molecule has 166 valence electrons. The van der Waals surface area contributed by atoms with E-state index in [1.54, 1.807) is 24.3 Å². The van der Waals surface area contributed by atoms with E-state index in [0.29, 0.717) is 0 Å². The number of nitrogen functional groups attached to an aromatic ring is 1. The smallest absolute Gasteiger partial charge is 0.330 e. The van der Waals surface area contributed by atoms with Crippen molar-refractivity contribution < 1.29 is 14.0 Å². The highest BCUT2D eigenvalue weighted by Crippen LogP contribution is 2.24. The number of rotatable bonds is 7. The van der Waals surface area contributed by atoms with Crippen LogP contribution in [-0.2, 0) is 11.3 Å². The number of nitrogens with zero attached hydrogens (tertiary/aromatic N) is 2. The van der Waals surface area contributed by atoms with Gasteiger partial charge in [0, 0.05) is 17.5 Å². The molecule has 0 aliphatic rings. The Labute approximate surface area is 186 Å². The Morgan fingerprint density at radius 2 is 1.84 bits per heavy atom. The monoisotopic (exact) mass is 456 g/mol. The fraction of sp³-hybridized carbons (Fsp3) is 0.182. The van der Waals surface area contributed by atoms with E-state index in [0.717, 1.165) is 28.3 Å². The maximum Gasteiger partial charge on any atom is 0.330 e. The Morgan fingerprint density at radius 1 is 1.16 bits per heavy atom. The van der Waals surface area contributed by atoms with Gasteiger partial charge in [-0.3, -0.25) is 23.9 Å². The summed E-state index contributed by atoms with van der Waals surface area (Å²) in [5.74, 6) is -1.75. The van der Waals surface area contributed by atoms with Crippen LogP contribution in [0.5, 0.6) is 0 Å². The third kappa shape index (κ3) is 4.97. The molecule has 0 saturated heterocycles. The molecule has 8 nitrogen and oxygen atoms in total. The highest BCUT2D eigenvalue weighted by atomic mass is 32.2. The normalized spacial score (nSPS) is 10.7. The summed E-state index contributed by atoms with van der Waals surface area (Å²) in [6, 6.07) is 13.0. The number of thioether (sulfide) groups is 1. The molecule has 0 unspecified atom stereocenters. The summed E-state index contributed by atoms with van der Waals surface area (Å²) in [6.45, 7) is 1.44. The summed E-state index contributed by atoms with van der Waals surface area (Å²) in [5.41, 5.74) is 5.46. The molecular weight excluding hydrogens is 435 g/mol. The van der Waals surface area contributed by atoms with E-state index >= 15 is 0 Å². The number of halogens is 1. The third-order valence-corrected chi connectivity index (χ3v) is 5.83. The average molecular weight is 456 g/mol. The molecule has 0 saturated carbocycles. The number of aromatic amines is 1. The zero-order chi connectivity index (χ0) is 23.4. The molecule has 0 fully saturated rings. The molecule has 0 radical (unpaired) electrons. The molecule has 32 heavy (non-hydrogen) atoms. The van der Waals surface area contributed by atoms with E-state index < -0.39 is 23.0 Å². The van der Waals surface area contributed by atoms with Crippen molar-refractivity contribution >= 4 is 35.0 Å². The van der Waals surface area contributed by atoms with Crippen LogP contribution >= 0.6 is 11.8 Å². The Hall–Kier alpha value is -3.66. The molecule has 3 aromatic rings. The lowest BCUT2D eigenvalue weighted by Crippen LogP contribution is -2.40. The topological polar surface area (TPSA) is 118 Å². The van der Waals surface area contributed by atoms with Crippen LogP contribution in [0.3, 0.4) is 0 Å². The number of hydrogen-bond donors (Lipinski definition) is 2. The zero-order valence-electron chi connectivity index (χ0n) is 17.4. The summed E-state index contributed by atoms with van der Waals surface area (Å²) >= 11 is 0.921. The summed E-state index contributed by atoms with van der Waals surface area (Å²) in [4.78, 5) is 52.1. The largest absolute Gasteiger partial charge is 0.383 e. The molecule has 0 aliphatic carbocycles. The molecule has 1 heterocycles. The first-order chi connectivity index (χ1) is 15.2. The number of nitrogens with two attached hydrogens (primary N) is 1. The second-order valence-corrected chi connectivity index (χ2v) is 8.02. The number of ketones is 1. The highest BCUT2D eigenvalue weighted by molar-refractivity contribution is 8.00. The van der Waals surface area contributed by atoms with Crippen LogP contribution in [0, 0.1) is 5.82 Å². The molecule has 1 amide bonds. The lowest BCUT2D eigenvalue weighted by molar-refractivity contribution is -0.115. The van der Waals surface area contributed by atoms with E-state index in [1.807, 2.05) is 6.07 Å². The van der Waals surface area contributed by atoms with Crippen molar-refractivity contribution in [2.45, 2.75) is 18.4 Å². The van der Waals surface area contributed by atoms with Gasteiger partial charge in [0.25, 0.3) is 5.56 Å². The minimum Gasteiger partial charge on any atom is -0.383 e. The standard InChI is InChI=1S/C22H21FN4O4S/c1-13(28)15-8-9-17(16(23)10-15)32-12-18(29)26(2)19-20(24)27(22(31)25-21(19)30)11-14-6-4-3-5-7-14/h3-10H,11-12,24H2,1-2H3,(H,25,30,31). The number of H-pyrrole nitrogens is 1. The van der Waals surface area contributed by atoms with E-state index in [1.165, 1.54) is 30.7 Å². The summed E-state index contributed by atoms with van der Waals surface area (Å²) < 4.78 is 15.4. The Morgan fingerprint density at radius 3 is 2.47 bits per heavy atom. The van der Waals surface area contributed by atoms with Crippen LogP contribution in [0.1, 0.15) is 22.8 Å². The van der Waals surface area contributed by atoms with Gasteiger partial charge in [0.15, 0.2) is 11.5 Å². The van der Waals surface area contributed by atoms with Crippen LogP contribution in [0.15, 0.2) is 63.0 Å². The highest BCUT2D eigenvalue weighted by Gasteiger charge is 2.21. The number of hydrogen-bond acceptors (Lipinski definition) is 6. The zero-order valence-corrected chi connectivity index (χ0v) is 18.2. The van der Waals surface area contributed by atoms with Crippen molar-refractivity contribution in [2.75, 3.05) is 23.4 Å². The third-order valence-electron chi connectivity index (χ3n) is 4.80. The lowest BCUT2D eigenvalue weighted by atomic mass is 10.1. The van der Waals surface area contributed by atoms with Gasteiger partial charge in [0.1, 0.15) is 11.6 Å². The number of nitrogens with one attached hydrogen (secondary N) is 1. The van der Waals surface area contributed by atoms with Crippen molar-refractivity contribution in [3.8, 4) is 0 Å². The summed E-state index contributed by atoms with van der Waals surface area (Å²) in [7, 11) is 1.36. The van der Waals surface area contributed by atoms with E-state index in [9.17, 15) is 23.6 Å². The van der Waals surface area contributed by atoms with E-state index in [4.69, 9.17) is 5.73 Å². The van der Waals surface area contributed by atoms with Crippen molar-refractivity contribution in [2.24, 2.45) is 0 Å². The first kappa shape index (κ1) is 23.0. The Bertz CT molecular complexity index is 1290. The maximum absolute atomic E-state index is 14.2. The van der Waals surface area contributed by atoms with Gasteiger partial charge in [0.05, 0.1) is 12.3 Å². The molecule has 10 heteroatoms. The van der Waals surface area contributed by atoms with E-state index in [2.05, 4.69) is 4.98 Å². The number of anilines is 2. The lowest BCUT2D eigenvalue weighted by Gasteiger charge is -2.20. The Kier molecular flexibility index (Phi) is 6.94. The molecule has 0 spiro atoms. The van der Waals surface area contributed by atoms with Crippen molar-refractivity contribution in [3.05, 3.63) is 86.3 Å². The van der Waals surface area contributed by atoms with Gasteiger partial charge < -0.3 is 10.6 Å². The van der Waals surface area contributed by atoms with E-state index in [-0.39, 0.29) is 40.0 Å². The number of benzene rings is 2. The second-order valence-electron chi connectivity index (χ2n) is 7.01. The number of carbonyl (C=O) groups excluding carboxylic acids is 2. The van der Waals surface area contributed by atoms with Gasteiger partial charge in [-0.25, -0.2) is 9.18 Å². The molecule has 1 aromatic heterocycles. The summed E-state index contributed by atoms with van der Waals surface area (Å²) in [6.07, 6.45) is 0. The van der Waals surface area contributed by atoms with Gasteiger partial charge >= 0.3 is 5.69 Å². The number of carbonyl (C=O) groups is 2. The van der Waals surface area contributed by atoms with Gasteiger partial charge in [-0.15, -0.1) is 11.8 Å². The van der Waals surface area contributed by atoms with Crippen LogP contribution in [0.4, 0.5) is 15.9 Å². The van der Waals surface area contributed by atoms with Crippen LogP contribution in [0.25, 0.3) is 0 Å². The van der Waals surface area contributed by atoms with Crippen LogP contribution in [-0.4, -0.2) is 34.0 Å². The number of Topliss-reactive ketones (excluding diaryl/α,β-unsaturated/α-hetero) is 1. The maximum atomic E-state index is 14.2. The SMILES string of the molecule is CC(=O)c1ccc(SCC(=O)N(C)c2c(N)n(Cc3ccccc3)c(=O)[nH]c2=O)c(F)c1. The van der Waals surface area contributed by atoms with Gasteiger partial charge in [-0.05, 0) is 24.6 Å². The quantitative estimate of drug-likeness (QED) is 0.416. The number of aromatic nitrogens is 2.